The molecule has 1 fully saturated rings. The van der Waals surface area contributed by atoms with Crippen LogP contribution >= 0.6 is 0 Å². The molecule has 64 valence electrons. The molecule has 0 radical (unpaired) electrons. The summed E-state index contributed by atoms with van der Waals surface area (Å²) in [4.78, 5) is 10.8. The van der Waals surface area contributed by atoms with Crippen LogP contribution in [0.25, 0.3) is 0 Å². The molecule has 1 aliphatic rings. The molecule has 1 saturated heterocycles. The molecule has 0 saturated carbocycles. The SMILES string of the molecule is CCOC(=O)NC1CCCO1. The Morgan fingerprint density at radius 2 is 2.64 bits per heavy atom. The summed E-state index contributed by atoms with van der Waals surface area (Å²) in [7, 11) is 0. The monoisotopic (exact) mass is 159 g/mol. The number of nitrogens with one attached hydrogen (secondary N) is 1. The van der Waals surface area contributed by atoms with Crippen LogP contribution in [-0.2, 0) is 9.47 Å². The smallest absolute Gasteiger partial charge is 0.409 e. The Bertz CT molecular complexity index is 132. The zero-order valence-corrected chi connectivity index (χ0v) is 6.63. The Kier molecular flexibility index (Phi) is 3.16. The van der Waals surface area contributed by atoms with Gasteiger partial charge in [-0.3, -0.25) is 5.32 Å². The van der Waals surface area contributed by atoms with Crippen molar-refractivity contribution in [3.8, 4) is 0 Å². The predicted molar refractivity (Wildman–Crippen MR) is 39.1 cm³/mol. The number of hydrogen-bond acceptors (Lipinski definition) is 3. The third-order valence-corrected chi connectivity index (χ3v) is 1.48. The molecule has 1 rings (SSSR count). The van der Waals surface area contributed by atoms with Gasteiger partial charge in [-0.25, -0.2) is 4.79 Å². The van der Waals surface area contributed by atoms with Crippen LogP contribution in [-0.4, -0.2) is 25.5 Å². The van der Waals surface area contributed by atoms with E-state index < -0.39 is 0 Å². The van der Waals surface area contributed by atoms with Crippen LogP contribution in [0.4, 0.5) is 4.79 Å². The summed E-state index contributed by atoms with van der Waals surface area (Å²) < 4.78 is 9.83. The normalized spacial score (nSPS) is 23.2. The fourth-order valence-electron chi connectivity index (χ4n) is 0.996. The maximum Gasteiger partial charge on any atom is 0.409 e. The van der Waals surface area contributed by atoms with Crippen molar-refractivity contribution in [2.75, 3.05) is 13.2 Å². The second-order valence-electron chi connectivity index (χ2n) is 2.37. The van der Waals surface area contributed by atoms with Gasteiger partial charge in [0.15, 0.2) is 0 Å². The van der Waals surface area contributed by atoms with Gasteiger partial charge in [-0.2, -0.15) is 0 Å². The molecule has 1 N–H and O–H groups in total. The second kappa shape index (κ2) is 4.18. The van der Waals surface area contributed by atoms with Gasteiger partial charge in [-0.1, -0.05) is 0 Å². The van der Waals surface area contributed by atoms with E-state index in [1.807, 2.05) is 0 Å². The summed E-state index contributed by atoms with van der Waals surface area (Å²) in [5.41, 5.74) is 0. The van der Waals surface area contributed by atoms with Crippen molar-refractivity contribution < 1.29 is 14.3 Å². The van der Waals surface area contributed by atoms with Crippen LogP contribution in [0.15, 0.2) is 0 Å². The van der Waals surface area contributed by atoms with E-state index in [0.29, 0.717) is 6.61 Å². The molecule has 0 aromatic carbocycles. The Balaban J connectivity index is 2.13. The first-order valence-electron chi connectivity index (χ1n) is 3.88. The van der Waals surface area contributed by atoms with Gasteiger partial charge in [0, 0.05) is 6.61 Å². The highest BCUT2D eigenvalue weighted by molar-refractivity contribution is 5.67. The van der Waals surface area contributed by atoms with Crippen molar-refractivity contribution in [1.82, 2.24) is 5.32 Å². The van der Waals surface area contributed by atoms with Gasteiger partial charge in [-0.05, 0) is 19.8 Å². The maximum atomic E-state index is 10.8. The van der Waals surface area contributed by atoms with E-state index in [1.54, 1.807) is 6.92 Å². The van der Waals surface area contributed by atoms with Gasteiger partial charge in [-0.15, -0.1) is 0 Å². The number of carbonyl (C=O) groups is 1. The van der Waals surface area contributed by atoms with Gasteiger partial charge in [0.1, 0.15) is 6.23 Å². The number of hydrogen-bond donors (Lipinski definition) is 1. The minimum atomic E-state index is -0.389. The van der Waals surface area contributed by atoms with Crippen molar-refractivity contribution in [3.63, 3.8) is 0 Å². The maximum absolute atomic E-state index is 10.8. The molecule has 0 aromatic heterocycles. The molecular formula is C7H13NO3. The molecule has 0 aliphatic carbocycles. The summed E-state index contributed by atoms with van der Waals surface area (Å²) in [5.74, 6) is 0. The first-order valence-corrected chi connectivity index (χ1v) is 3.88. The molecule has 1 heterocycles. The van der Waals surface area contributed by atoms with E-state index in [0.717, 1.165) is 19.4 Å². The highest BCUT2D eigenvalue weighted by Gasteiger charge is 2.17. The van der Waals surface area contributed by atoms with E-state index in [2.05, 4.69) is 10.1 Å². The average molecular weight is 159 g/mol. The summed E-state index contributed by atoms with van der Waals surface area (Å²) in [6.45, 7) is 2.91. The highest BCUT2D eigenvalue weighted by atomic mass is 16.6. The van der Waals surface area contributed by atoms with E-state index in [9.17, 15) is 4.79 Å². The quantitative estimate of drug-likeness (QED) is 0.650. The lowest BCUT2D eigenvalue weighted by Crippen LogP contribution is -2.34. The Hall–Kier alpha value is -0.770. The minimum Gasteiger partial charge on any atom is -0.450 e. The molecule has 1 unspecified atom stereocenters. The molecular weight excluding hydrogens is 146 g/mol. The zero-order chi connectivity index (χ0) is 8.10. The minimum absolute atomic E-state index is 0.131. The van der Waals surface area contributed by atoms with Crippen LogP contribution in [0.5, 0.6) is 0 Å². The molecule has 0 spiro atoms. The van der Waals surface area contributed by atoms with E-state index in [4.69, 9.17) is 4.74 Å². The molecule has 1 amide bonds. The molecule has 1 aliphatic heterocycles. The standard InChI is InChI=1S/C7H13NO3/c1-2-10-7(9)8-6-4-3-5-11-6/h6H,2-5H2,1H3,(H,8,9). The number of alkyl carbamates (subject to hydrolysis) is 1. The Morgan fingerprint density at radius 1 is 1.82 bits per heavy atom. The average Bonchev–Trinajstić information content (AvgIpc) is 2.40. The number of ether oxygens (including phenoxy) is 2. The number of carbonyl (C=O) groups excluding carboxylic acids is 1. The molecule has 0 bridgehead atoms. The molecule has 11 heavy (non-hydrogen) atoms. The van der Waals surface area contributed by atoms with Crippen molar-refractivity contribution in [2.45, 2.75) is 26.0 Å². The lowest BCUT2D eigenvalue weighted by molar-refractivity contribution is 0.0716. The van der Waals surface area contributed by atoms with Gasteiger partial charge in [0.2, 0.25) is 0 Å². The zero-order valence-electron chi connectivity index (χ0n) is 6.63. The molecule has 1 atom stereocenters. The molecule has 4 heteroatoms. The highest BCUT2D eigenvalue weighted by Crippen LogP contribution is 2.08. The molecule has 4 nitrogen and oxygen atoms in total. The van der Waals surface area contributed by atoms with Crippen LogP contribution in [0.1, 0.15) is 19.8 Å². The fraction of sp³-hybridized carbons (Fsp3) is 0.857. The number of rotatable bonds is 2. The van der Waals surface area contributed by atoms with Gasteiger partial charge < -0.3 is 9.47 Å². The van der Waals surface area contributed by atoms with Crippen molar-refractivity contribution in [1.29, 1.82) is 0 Å². The van der Waals surface area contributed by atoms with Crippen LogP contribution in [0, 0.1) is 0 Å². The van der Waals surface area contributed by atoms with Crippen molar-refractivity contribution in [2.24, 2.45) is 0 Å². The summed E-state index contributed by atoms with van der Waals surface area (Å²) in [6, 6.07) is 0. The van der Waals surface area contributed by atoms with Gasteiger partial charge >= 0.3 is 6.09 Å². The van der Waals surface area contributed by atoms with Gasteiger partial charge in [0.25, 0.3) is 0 Å². The molecule has 0 aromatic rings. The largest absolute Gasteiger partial charge is 0.450 e. The van der Waals surface area contributed by atoms with Crippen LogP contribution < -0.4 is 5.32 Å². The Labute approximate surface area is 65.9 Å². The van der Waals surface area contributed by atoms with Gasteiger partial charge in [0.05, 0.1) is 6.61 Å². The lowest BCUT2D eigenvalue weighted by Gasteiger charge is -2.10. The van der Waals surface area contributed by atoms with Crippen molar-refractivity contribution in [3.05, 3.63) is 0 Å². The first-order chi connectivity index (χ1) is 5.33. The topological polar surface area (TPSA) is 47.6 Å². The number of amides is 1. The summed E-state index contributed by atoms with van der Waals surface area (Å²) in [6.07, 6.45) is 1.38. The van der Waals surface area contributed by atoms with Crippen molar-refractivity contribution >= 4 is 6.09 Å². The second-order valence-corrected chi connectivity index (χ2v) is 2.37. The third kappa shape index (κ3) is 2.76. The lowest BCUT2D eigenvalue weighted by atomic mass is 10.3. The van der Waals surface area contributed by atoms with E-state index in [1.165, 1.54) is 0 Å². The summed E-state index contributed by atoms with van der Waals surface area (Å²) >= 11 is 0. The van der Waals surface area contributed by atoms with Crippen LogP contribution in [0.3, 0.4) is 0 Å². The summed E-state index contributed by atoms with van der Waals surface area (Å²) in [5, 5.41) is 2.60. The fourth-order valence-corrected chi connectivity index (χ4v) is 0.996. The Morgan fingerprint density at radius 3 is 3.18 bits per heavy atom. The van der Waals surface area contributed by atoms with Crippen LogP contribution in [0.2, 0.25) is 0 Å². The first kappa shape index (κ1) is 8.33. The third-order valence-electron chi connectivity index (χ3n) is 1.48. The van der Waals surface area contributed by atoms with E-state index in [-0.39, 0.29) is 12.3 Å². The van der Waals surface area contributed by atoms with E-state index >= 15 is 0 Å². The predicted octanol–water partition coefficient (Wildman–Crippen LogP) is 0.869.